The molecule has 0 atom stereocenters. The van der Waals surface area contributed by atoms with Crippen LogP contribution in [0, 0.1) is 0 Å². The van der Waals surface area contributed by atoms with E-state index in [4.69, 9.17) is 0 Å². The Hall–Kier alpha value is -3.10. The molecule has 0 spiro atoms. The maximum Gasteiger partial charge on any atom is 0.421 e. The van der Waals surface area contributed by atoms with Crippen LogP contribution in [0.5, 0.6) is 0 Å². The van der Waals surface area contributed by atoms with Gasteiger partial charge < -0.3 is 9.88 Å². The van der Waals surface area contributed by atoms with Crippen molar-refractivity contribution in [2.75, 3.05) is 5.32 Å². The lowest BCUT2D eigenvalue weighted by molar-refractivity contribution is -0.139. The number of para-hydroxylation sites is 1. The van der Waals surface area contributed by atoms with E-state index >= 15 is 0 Å². The first kappa shape index (κ1) is 17.3. The molecule has 0 fully saturated rings. The van der Waals surface area contributed by atoms with Crippen LogP contribution in [-0.4, -0.2) is 16.5 Å². The Morgan fingerprint density at radius 1 is 1.04 bits per heavy atom. The van der Waals surface area contributed by atoms with Crippen LogP contribution < -0.4 is 16.2 Å². The molecule has 0 aliphatic heterocycles. The van der Waals surface area contributed by atoms with Crippen LogP contribution in [0.15, 0.2) is 53.5 Å². The van der Waals surface area contributed by atoms with Gasteiger partial charge in [0.25, 0.3) is 5.56 Å². The number of halogens is 3. The number of hydrogen-bond donors (Lipinski definition) is 2. The van der Waals surface area contributed by atoms with Gasteiger partial charge in [-0.25, -0.2) is 4.79 Å². The summed E-state index contributed by atoms with van der Waals surface area (Å²) in [6, 6.07) is 9.00. The van der Waals surface area contributed by atoms with Gasteiger partial charge in [-0.05, 0) is 24.3 Å². The zero-order valence-electron chi connectivity index (χ0n) is 12.1. The average molecular weight is 339 g/mol. The molecule has 0 unspecified atom stereocenters. The number of urea groups is 1. The largest absolute Gasteiger partial charge is 0.421 e. The van der Waals surface area contributed by atoms with E-state index in [1.807, 2.05) is 5.32 Å². The highest BCUT2D eigenvalue weighted by molar-refractivity contribution is 6.01. The molecule has 0 aliphatic rings. The second kappa shape index (κ2) is 6.99. The molecule has 1 heterocycles. The molecule has 0 radical (unpaired) electrons. The number of alkyl halides is 3. The number of hydrogen-bond acceptors (Lipinski definition) is 3. The fourth-order valence-electron chi connectivity index (χ4n) is 1.88. The van der Waals surface area contributed by atoms with E-state index in [9.17, 15) is 27.6 Å². The van der Waals surface area contributed by atoms with Crippen LogP contribution in [-0.2, 0) is 17.5 Å². The monoisotopic (exact) mass is 339 g/mol. The number of benzene rings is 1. The molecule has 2 N–H and O–H groups in total. The van der Waals surface area contributed by atoms with Gasteiger partial charge in [-0.1, -0.05) is 18.2 Å². The molecule has 0 saturated carbocycles. The summed E-state index contributed by atoms with van der Waals surface area (Å²) in [7, 11) is 0. The molecule has 6 nitrogen and oxygen atoms in total. The van der Waals surface area contributed by atoms with Crippen LogP contribution in [0.25, 0.3) is 0 Å². The Balaban J connectivity index is 2.03. The number of rotatable bonds is 3. The minimum atomic E-state index is -4.82. The lowest BCUT2D eigenvalue weighted by Crippen LogP contribution is -2.39. The molecule has 0 bridgehead atoms. The minimum Gasteiger partial charge on any atom is -0.308 e. The van der Waals surface area contributed by atoms with Crippen molar-refractivity contribution in [3.63, 3.8) is 0 Å². The van der Waals surface area contributed by atoms with E-state index in [-0.39, 0.29) is 0 Å². The smallest absolute Gasteiger partial charge is 0.308 e. The minimum absolute atomic E-state index is 0.430. The third kappa shape index (κ3) is 4.45. The molecule has 1 aromatic heterocycles. The van der Waals surface area contributed by atoms with Gasteiger partial charge in [0.15, 0.2) is 0 Å². The maximum atomic E-state index is 12.6. The number of aromatic nitrogens is 1. The molecule has 2 rings (SSSR count). The molecule has 9 heteroatoms. The molecule has 0 aliphatic carbocycles. The number of anilines is 1. The van der Waals surface area contributed by atoms with Gasteiger partial charge in [-0.3, -0.25) is 14.9 Å². The molecule has 1 aromatic carbocycles. The number of nitrogens with zero attached hydrogens (tertiary/aromatic N) is 1. The summed E-state index contributed by atoms with van der Waals surface area (Å²) >= 11 is 0. The Labute approximate surface area is 133 Å². The first-order chi connectivity index (χ1) is 11.3. The highest BCUT2D eigenvalue weighted by atomic mass is 19.4. The Kier molecular flexibility index (Phi) is 5.02. The third-order valence-corrected chi connectivity index (χ3v) is 2.92. The van der Waals surface area contributed by atoms with Gasteiger partial charge in [-0.15, -0.1) is 0 Å². The van der Waals surface area contributed by atoms with Crippen molar-refractivity contribution in [3.8, 4) is 0 Å². The van der Waals surface area contributed by atoms with Crippen LogP contribution >= 0.6 is 0 Å². The Morgan fingerprint density at radius 2 is 1.71 bits per heavy atom. The van der Waals surface area contributed by atoms with Gasteiger partial charge in [0.2, 0.25) is 5.91 Å². The van der Waals surface area contributed by atoms with Gasteiger partial charge >= 0.3 is 12.2 Å². The highest BCUT2D eigenvalue weighted by Gasteiger charge is 2.34. The number of nitrogens with one attached hydrogen (secondary N) is 2. The summed E-state index contributed by atoms with van der Waals surface area (Å²) in [5.41, 5.74) is -2.31. The Morgan fingerprint density at radius 3 is 2.33 bits per heavy atom. The van der Waals surface area contributed by atoms with Crippen molar-refractivity contribution in [2.45, 2.75) is 12.7 Å². The van der Waals surface area contributed by atoms with Gasteiger partial charge in [0.1, 0.15) is 12.1 Å². The summed E-state index contributed by atoms with van der Waals surface area (Å²) in [4.78, 5) is 35.0. The zero-order valence-corrected chi connectivity index (χ0v) is 12.1. The zero-order chi connectivity index (χ0) is 17.7. The molecular formula is C15H12F3N3O3. The van der Waals surface area contributed by atoms with E-state index in [0.29, 0.717) is 16.3 Å². The molecule has 24 heavy (non-hydrogen) atoms. The van der Waals surface area contributed by atoms with Crippen LogP contribution in [0.1, 0.15) is 5.56 Å². The molecule has 3 amide bonds. The van der Waals surface area contributed by atoms with E-state index in [1.54, 1.807) is 30.3 Å². The first-order valence-electron chi connectivity index (χ1n) is 6.70. The predicted molar refractivity (Wildman–Crippen MR) is 79.3 cm³/mol. The fraction of sp³-hybridized carbons (Fsp3) is 0.133. The standard InChI is InChI=1S/C15H12F3N3O3/c16-15(17,18)11-7-4-8-21(13(11)23)9-12(22)20-14(24)19-10-5-2-1-3-6-10/h1-8H,9H2,(H2,19,20,22,24). The third-order valence-electron chi connectivity index (χ3n) is 2.92. The van der Waals surface area contributed by atoms with E-state index in [2.05, 4.69) is 5.32 Å². The summed E-state index contributed by atoms with van der Waals surface area (Å²) < 4.78 is 38.5. The number of carbonyl (C=O) groups is 2. The van der Waals surface area contributed by atoms with Gasteiger partial charge in [-0.2, -0.15) is 13.2 Å². The maximum absolute atomic E-state index is 12.6. The first-order valence-corrected chi connectivity index (χ1v) is 6.70. The fourth-order valence-corrected chi connectivity index (χ4v) is 1.88. The normalized spacial score (nSPS) is 11.0. The van der Waals surface area contributed by atoms with Gasteiger partial charge in [0, 0.05) is 11.9 Å². The van der Waals surface area contributed by atoms with Crippen molar-refractivity contribution >= 4 is 17.6 Å². The molecule has 0 saturated heterocycles. The number of pyridine rings is 1. The molecule has 126 valence electrons. The predicted octanol–water partition coefficient (Wildman–Crippen LogP) is 2.22. The van der Waals surface area contributed by atoms with E-state index in [0.717, 1.165) is 12.3 Å². The Bertz CT molecular complexity index is 801. The van der Waals surface area contributed by atoms with Crippen LogP contribution in [0.3, 0.4) is 0 Å². The summed E-state index contributed by atoms with van der Waals surface area (Å²) in [5.74, 6) is -0.926. The van der Waals surface area contributed by atoms with Crippen molar-refractivity contribution in [3.05, 3.63) is 64.6 Å². The lowest BCUT2D eigenvalue weighted by atomic mass is 10.2. The molecular weight excluding hydrogens is 327 g/mol. The topological polar surface area (TPSA) is 80.2 Å². The van der Waals surface area contributed by atoms with Crippen molar-refractivity contribution in [1.82, 2.24) is 9.88 Å². The summed E-state index contributed by atoms with van der Waals surface area (Å²) in [6.45, 7) is -0.717. The SMILES string of the molecule is O=C(Cn1cccc(C(F)(F)F)c1=O)NC(=O)Nc1ccccc1. The lowest BCUT2D eigenvalue weighted by Gasteiger charge is -2.10. The van der Waals surface area contributed by atoms with Crippen molar-refractivity contribution < 1.29 is 22.8 Å². The number of imide groups is 1. The molecule has 2 aromatic rings. The highest BCUT2D eigenvalue weighted by Crippen LogP contribution is 2.25. The van der Waals surface area contributed by atoms with E-state index < -0.39 is 35.8 Å². The summed E-state index contributed by atoms with van der Waals surface area (Å²) in [5, 5.41) is 4.30. The number of carbonyl (C=O) groups excluding carboxylic acids is 2. The second-order valence-corrected chi connectivity index (χ2v) is 4.72. The van der Waals surface area contributed by atoms with Crippen molar-refractivity contribution in [2.24, 2.45) is 0 Å². The van der Waals surface area contributed by atoms with Crippen molar-refractivity contribution in [1.29, 1.82) is 0 Å². The van der Waals surface area contributed by atoms with Gasteiger partial charge in [0.05, 0.1) is 0 Å². The van der Waals surface area contributed by atoms with Crippen LogP contribution in [0.4, 0.5) is 23.7 Å². The van der Waals surface area contributed by atoms with Crippen LogP contribution in [0.2, 0.25) is 0 Å². The summed E-state index contributed by atoms with van der Waals surface area (Å²) in [6.07, 6.45) is -3.78. The number of amides is 3. The second-order valence-electron chi connectivity index (χ2n) is 4.72. The quantitative estimate of drug-likeness (QED) is 0.900. The van der Waals surface area contributed by atoms with E-state index in [1.165, 1.54) is 0 Å². The average Bonchev–Trinajstić information content (AvgIpc) is 2.49.